The van der Waals surface area contributed by atoms with Crippen molar-refractivity contribution in [1.82, 2.24) is 0 Å². The molecule has 0 heterocycles. The Hall–Kier alpha value is -1.81. The molecule has 2 aromatic rings. The van der Waals surface area contributed by atoms with Crippen molar-refractivity contribution in [2.45, 2.75) is 13.8 Å². The van der Waals surface area contributed by atoms with Crippen LogP contribution in [0.3, 0.4) is 0 Å². The maximum absolute atomic E-state index is 12.3. The van der Waals surface area contributed by atoms with Gasteiger partial charge in [-0.2, -0.15) is 0 Å². The molecule has 0 saturated carbocycles. The number of ether oxygens (including phenoxy) is 1. The van der Waals surface area contributed by atoms with Crippen molar-refractivity contribution in [3.63, 3.8) is 0 Å². The van der Waals surface area contributed by atoms with Crippen molar-refractivity contribution >= 4 is 27.5 Å². The van der Waals surface area contributed by atoms with E-state index in [1.54, 1.807) is 7.11 Å². The van der Waals surface area contributed by atoms with Gasteiger partial charge in [0.15, 0.2) is 0 Å². The molecule has 2 aromatic carbocycles. The summed E-state index contributed by atoms with van der Waals surface area (Å²) in [5.41, 5.74) is 3.33. The van der Waals surface area contributed by atoms with Gasteiger partial charge in [0, 0.05) is 15.7 Å². The van der Waals surface area contributed by atoms with Gasteiger partial charge in [0.25, 0.3) is 5.91 Å². The highest BCUT2D eigenvalue weighted by atomic mass is 79.9. The van der Waals surface area contributed by atoms with E-state index in [1.807, 2.05) is 50.2 Å². The van der Waals surface area contributed by atoms with E-state index in [0.717, 1.165) is 27.0 Å². The molecule has 0 unspecified atom stereocenters. The first kappa shape index (κ1) is 14.6. The highest BCUT2D eigenvalue weighted by molar-refractivity contribution is 9.10. The van der Waals surface area contributed by atoms with E-state index in [2.05, 4.69) is 21.2 Å². The number of rotatable bonds is 3. The molecule has 20 heavy (non-hydrogen) atoms. The van der Waals surface area contributed by atoms with Gasteiger partial charge in [-0.15, -0.1) is 0 Å². The first-order valence-electron chi connectivity index (χ1n) is 6.24. The van der Waals surface area contributed by atoms with Crippen LogP contribution in [-0.4, -0.2) is 13.0 Å². The molecule has 3 nitrogen and oxygen atoms in total. The molecule has 0 radical (unpaired) electrons. The monoisotopic (exact) mass is 333 g/mol. The lowest BCUT2D eigenvalue weighted by Gasteiger charge is -2.11. The molecular formula is C16H16BrNO2. The smallest absolute Gasteiger partial charge is 0.255 e. The molecule has 4 heteroatoms. The average molecular weight is 334 g/mol. The van der Waals surface area contributed by atoms with Gasteiger partial charge in [0.2, 0.25) is 0 Å². The third-order valence-corrected chi connectivity index (χ3v) is 4.02. The van der Waals surface area contributed by atoms with Crippen LogP contribution in [0.4, 0.5) is 5.69 Å². The second kappa shape index (κ2) is 6.09. The number of benzene rings is 2. The zero-order valence-corrected chi connectivity index (χ0v) is 13.2. The van der Waals surface area contributed by atoms with Gasteiger partial charge in [-0.3, -0.25) is 4.79 Å². The largest absolute Gasteiger partial charge is 0.496 e. The molecule has 0 fully saturated rings. The number of hydrogen-bond donors (Lipinski definition) is 1. The van der Waals surface area contributed by atoms with Crippen LogP contribution < -0.4 is 10.1 Å². The molecule has 0 saturated heterocycles. The Kier molecular flexibility index (Phi) is 4.45. The summed E-state index contributed by atoms with van der Waals surface area (Å²) in [6.07, 6.45) is 0. The zero-order chi connectivity index (χ0) is 14.7. The van der Waals surface area contributed by atoms with Crippen molar-refractivity contribution in [2.24, 2.45) is 0 Å². The van der Waals surface area contributed by atoms with Crippen molar-refractivity contribution in [3.8, 4) is 5.75 Å². The van der Waals surface area contributed by atoms with Gasteiger partial charge < -0.3 is 10.1 Å². The number of amides is 1. The first-order chi connectivity index (χ1) is 9.52. The van der Waals surface area contributed by atoms with Gasteiger partial charge in [-0.1, -0.05) is 22.0 Å². The summed E-state index contributed by atoms with van der Waals surface area (Å²) in [6, 6.07) is 11.2. The highest BCUT2D eigenvalue weighted by Crippen LogP contribution is 2.23. The number of hydrogen-bond acceptors (Lipinski definition) is 2. The van der Waals surface area contributed by atoms with Crippen LogP contribution in [0.25, 0.3) is 0 Å². The predicted octanol–water partition coefficient (Wildman–Crippen LogP) is 4.33. The Balaban J connectivity index is 2.24. The predicted molar refractivity (Wildman–Crippen MR) is 84.6 cm³/mol. The van der Waals surface area contributed by atoms with E-state index >= 15 is 0 Å². The summed E-state index contributed by atoms with van der Waals surface area (Å²) >= 11 is 3.43. The van der Waals surface area contributed by atoms with E-state index in [-0.39, 0.29) is 5.91 Å². The Morgan fingerprint density at radius 1 is 1.20 bits per heavy atom. The summed E-state index contributed by atoms with van der Waals surface area (Å²) in [6.45, 7) is 3.86. The van der Waals surface area contributed by atoms with Crippen molar-refractivity contribution < 1.29 is 9.53 Å². The summed E-state index contributed by atoms with van der Waals surface area (Å²) in [4.78, 5) is 12.3. The van der Waals surface area contributed by atoms with Crippen LogP contribution in [0, 0.1) is 13.8 Å². The number of aryl methyl sites for hydroxylation is 1. The van der Waals surface area contributed by atoms with E-state index in [9.17, 15) is 4.79 Å². The zero-order valence-electron chi connectivity index (χ0n) is 11.7. The molecule has 0 bridgehead atoms. The number of methoxy groups -OCH3 is 1. The lowest BCUT2D eigenvalue weighted by Crippen LogP contribution is -2.13. The Labute approximate surface area is 127 Å². The fourth-order valence-electron chi connectivity index (χ4n) is 2.01. The lowest BCUT2D eigenvalue weighted by atomic mass is 10.1. The quantitative estimate of drug-likeness (QED) is 0.907. The van der Waals surface area contributed by atoms with Crippen LogP contribution in [0.15, 0.2) is 40.9 Å². The van der Waals surface area contributed by atoms with E-state index in [4.69, 9.17) is 4.74 Å². The number of nitrogens with one attached hydrogen (secondary N) is 1. The Morgan fingerprint density at radius 3 is 2.60 bits per heavy atom. The number of halogens is 1. The molecule has 0 atom stereocenters. The van der Waals surface area contributed by atoms with Gasteiger partial charge in [-0.05, 0) is 55.3 Å². The summed E-state index contributed by atoms with van der Waals surface area (Å²) in [7, 11) is 1.63. The highest BCUT2D eigenvalue weighted by Gasteiger charge is 2.11. The van der Waals surface area contributed by atoms with Crippen molar-refractivity contribution in [2.75, 3.05) is 12.4 Å². The molecule has 0 aliphatic carbocycles. The minimum atomic E-state index is -0.117. The van der Waals surface area contributed by atoms with Crippen LogP contribution >= 0.6 is 15.9 Å². The minimum Gasteiger partial charge on any atom is -0.496 e. The molecular weight excluding hydrogens is 318 g/mol. The SMILES string of the molecule is COc1ccc(NC(=O)c2cccc(Br)c2C)cc1C. The number of carbonyl (C=O) groups is 1. The van der Waals surface area contributed by atoms with E-state index in [1.165, 1.54) is 0 Å². The topological polar surface area (TPSA) is 38.3 Å². The van der Waals surface area contributed by atoms with Crippen molar-refractivity contribution in [1.29, 1.82) is 0 Å². The molecule has 2 rings (SSSR count). The van der Waals surface area contributed by atoms with Crippen LogP contribution in [0.2, 0.25) is 0 Å². The number of anilines is 1. The normalized spacial score (nSPS) is 10.2. The fraction of sp³-hybridized carbons (Fsp3) is 0.188. The van der Waals surface area contributed by atoms with E-state index in [0.29, 0.717) is 5.56 Å². The van der Waals surface area contributed by atoms with Gasteiger partial charge in [-0.25, -0.2) is 0 Å². The number of carbonyl (C=O) groups excluding carboxylic acids is 1. The molecule has 0 aliphatic heterocycles. The molecule has 104 valence electrons. The second-order valence-electron chi connectivity index (χ2n) is 4.55. The Morgan fingerprint density at radius 2 is 1.95 bits per heavy atom. The van der Waals surface area contributed by atoms with Crippen LogP contribution in [-0.2, 0) is 0 Å². The summed E-state index contributed by atoms with van der Waals surface area (Å²) < 4.78 is 6.13. The van der Waals surface area contributed by atoms with Crippen LogP contribution in [0.5, 0.6) is 5.75 Å². The van der Waals surface area contributed by atoms with Gasteiger partial charge in [0.1, 0.15) is 5.75 Å². The molecule has 0 spiro atoms. The molecule has 0 aromatic heterocycles. The molecule has 1 N–H and O–H groups in total. The third kappa shape index (κ3) is 3.02. The second-order valence-corrected chi connectivity index (χ2v) is 5.41. The maximum Gasteiger partial charge on any atom is 0.255 e. The third-order valence-electron chi connectivity index (χ3n) is 3.17. The van der Waals surface area contributed by atoms with Gasteiger partial charge in [0.05, 0.1) is 7.11 Å². The Bertz CT molecular complexity index is 653. The summed E-state index contributed by atoms with van der Waals surface area (Å²) in [5.74, 6) is 0.690. The molecule has 1 amide bonds. The molecule has 0 aliphatic rings. The maximum atomic E-state index is 12.3. The van der Waals surface area contributed by atoms with Crippen LogP contribution in [0.1, 0.15) is 21.5 Å². The lowest BCUT2D eigenvalue weighted by molar-refractivity contribution is 0.102. The van der Waals surface area contributed by atoms with E-state index < -0.39 is 0 Å². The van der Waals surface area contributed by atoms with Crippen molar-refractivity contribution in [3.05, 3.63) is 57.6 Å². The fourth-order valence-corrected chi connectivity index (χ4v) is 2.37. The van der Waals surface area contributed by atoms with Gasteiger partial charge >= 0.3 is 0 Å². The standard InChI is InChI=1S/C16H16BrNO2/c1-10-9-12(7-8-15(10)20-3)18-16(19)13-5-4-6-14(17)11(13)2/h4-9H,1-3H3,(H,18,19). The summed E-state index contributed by atoms with van der Waals surface area (Å²) in [5, 5.41) is 2.90. The minimum absolute atomic E-state index is 0.117. The first-order valence-corrected chi connectivity index (χ1v) is 7.03. The average Bonchev–Trinajstić information content (AvgIpc) is 2.42.